The van der Waals surface area contributed by atoms with Gasteiger partial charge in [-0.15, -0.1) is 0 Å². The molecular weight excluding hydrogens is 497 g/mol. The minimum absolute atomic E-state index is 0.00519. The summed E-state index contributed by atoms with van der Waals surface area (Å²) in [4.78, 5) is 40.1. The van der Waals surface area contributed by atoms with Crippen molar-refractivity contribution in [2.24, 2.45) is 5.92 Å². The summed E-state index contributed by atoms with van der Waals surface area (Å²) in [6, 6.07) is 9.57. The summed E-state index contributed by atoms with van der Waals surface area (Å²) < 4.78 is 21.9. The fraction of sp³-hybridized carbons (Fsp3) is 0.393. The van der Waals surface area contributed by atoms with Crippen molar-refractivity contribution >= 4 is 40.1 Å². The van der Waals surface area contributed by atoms with Crippen molar-refractivity contribution < 1.29 is 23.5 Å². The Morgan fingerprint density at radius 2 is 1.97 bits per heavy atom. The zero-order chi connectivity index (χ0) is 26.1. The molecule has 2 aliphatic rings. The quantitative estimate of drug-likeness (QED) is 0.409. The Bertz CT molecular complexity index is 1370. The van der Waals surface area contributed by atoms with Crippen LogP contribution in [0.3, 0.4) is 0 Å². The van der Waals surface area contributed by atoms with Gasteiger partial charge >= 0.3 is 0 Å². The molecule has 3 aromatic rings. The molecule has 9 heteroatoms. The number of carbonyl (C=O) groups excluding carboxylic acids is 3. The lowest BCUT2D eigenvalue weighted by molar-refractivity contribution is -0.138. The lowest BCUT2D eigenvalue weighted by Gasteiger charge is -2.24. The van der Waals surface area contributed by atoms with Crippen molar-refractivity contribution in [3.8, 4) is 5.75 Å². The molecular formula is C28H29ClFN3O4. The first-order valence-electron chi connectivity index (χ1n) is 12.6. The van der Waals surface area contributed by atoms with E-state index in [2.05, 4.69) is 5.32 Å². The zero-order valence-corrected chi connectivity index (χ0v) is 21.4. The van der Waals surface area contributed by atoms with Crippen LogP contribution in [-0.4, -0.2) is 46.3 Å². The molecule has 37 heavy (non-hydrogen) atoms. The maximum Gasteiger partial charge on any atom is 0.243 e. The van der Waals surface area contributed by atoms with Gasteiger partial charge in [0.25, 0.3) is 0 Å². The highest BCUT2D eigenvalue weighted by atomic mass is 35.5. The number of Topliss-reactive ketones (excluding diaryl/α,β-unsaturated/α-hetero) is 1. The van der Waals surface area contributed by atoms with Gasteiger partial charge in [0, 0.05) is 41.9 Å². The fourth-order valence-corrected chi connectivity index (χ4v) is 5.03. The van der Waals surface area contributed by atoms with Crippen LogP contribution in [0.4, 0.5) is 4.39 Å². The number of nitrogens with zero attached hydrogens (tertiary/aromatic N) is 2. The second-order valence-corrected chi connectivity index (χ2v) is 10.2. The summed E-state index contributed by atoms with van der Waals surface area (Å²) in [5, 5.41) is 3.50. The number of rotatable bonds is 9. The zero-order valence-electron chi connectivity index (χ0n) is 20.6. The number of aromatic nitrogens is 1. The van der Waals surface area contributed by atoms with Crippen LogP contribution in [0.2, 0.25) is 5.02 Å². The number of ketones is 1. The fourth-order valence-electron chi connectivity index (χ4n) is 4.83. The van der Waals surface area contributed by atoms with Crippen LogP contribution in [0.15, 0.2) is 42.6 Å². The highest BCUT2D eigenvalue weighted by Crippen LogP contribution is 2.31. The molecule has 1 saturated heterocycles. The van der Waals surface area contributed by atoms with Crippen LogP contribution in [0.1, 0.15) is 48.5 Å². The van der Waals surface area contributed by atoms with Crippen molar-refractivity contribution in [1.29, 1.82) is 0 Å². The Hall–Kier alpha value is -3.39. The largest absolute Gasteiger partial charge is 0.493 e. The molecule has 1 aliphatic heterocycles. The van der Waals surface area contributed by atoms with Crippen LogP contribution in [0.5, 0.6) is 5.75 Å². The number of halogens is 2. The van der Waals surface area contributed by atoms with Crippen molar-refractivity contribution in [2.75, 3.05) is 13.2 Å². The summed E-state index contributed by atoms with van der Waals surface area (Å²) in [5.74, 6) is 0.101. The Morgan fingerprint density at radius 1 is 1.16 bits per heavy atom. The van der Waals surface area contributed by atoms with Gasteiger partial charge in [-0.05, 0) is 56.7 Å². The Balaban J connectivity index is 1.30. The van der Waals surface area contributed by atoms with E-state index in [1.165, 1.54) is 25.8 Å². The predicted octanol–water partition coefficient (Wildman–Crippen LogP) is 4.73. The second-order valence-electron chi connectivity index (χ2n) is 9.84. The number of benzene rings is 2. The number of hydrogen-bond donors (Lipinski definition) is 1. The van der Waals surface area contributed by atoms with Crippen molar-refractivity contribution in [3.05, 3.63) is 64.6 Å². The van der Waals surface area contributed by atoms with Gasteiger partial charge in [0.05, 0.1) is 17.1 Å². The summed E-state index contributed by atoms with van der Waals surface area (Å²) in [6.07, 6.45) is 5.28. The summed E-state index contributed by atoms with van der Waals surface area (Å²) in [6.45, 7) is 2.59. The SMILES string of the molecule is CC(=O)c1cn(CC(=O)N2CCC[C@H]2C(=O)NCc2cccc(Cl)c2F)c2cc(OCC3CC3)ccc12. The first kappa shape index (κ1) is 25.3. The molecule has 1 N–H and O–H groups in total. The monoisotopic (exact) mass is 525 g/mol. The standard InChI is InChI=1S/C28H29ClFN3O4/c1-17(34)22-14-32(25-12-20(9-10-21(22)25)37-16-18-7-8-18)15-26(35)33-11-3-6-24(33)28(36)31-13-19-4-2-5-23(29)27(19)30/h2,4-5,9-10,12,14,18,24H,3,6-8,11,13,15-16H2,1H3,(H,31,36)/t24-/m0/s1. The first-order valence-corrected chi connectivity index (χ1v) is 13.0. The van der Waals surface area contributed by atoms with E-state index >= 15 is 0 Å². The van der Waals surface area contributed by atoms with E-state index in [4.69, 9.17) is 16.3 Å². The van der Waals surface area contributed by atoms with E-state index < -0.39 is 11.9 Å². The maximum atomic E-state index is 14.2. The topological polar surface area (TPSA) is 80.6 Å². The number of carbonyl (C=O) groups is 3. The molecule has 0 radical (unpaired) electrons. The molecule has 2 amide bonds. The number of fused-ring (bicyclic) bond motifs is 1. The van der Waals surface area contributed by atoms with Gasteiger partial charge in [0.2, 0.25) is 11.8 Å². The first-order chi connectivity index (χ1) is 17.8. The number of nitrogens with one attached hydrogen (secondary N) is 1. The van der Waals surface area contributed by atoms with Gasteiger partial charge in [-0.25, -0.2) is 4.39 Å². The van der Waals surface area contributed by atoms with Crippen LogP contribution < -0.4 is 10.1 Å². The molecule has 7 nitrogen and oxygen atoms in total. The summed E-state index contributed by atoms with van der Waals surface area (Å²) in [7, 11) is 0. The Morgan fingerprint density at radius 3 is 2.73 bits per heavy atom. The molecule has 1 aliphatic carbocycles. The lowest BCUT2D eigenvalue weighted by atomic mass is 10.1. The maximum absolute atomic E-state index is 14.2. The van der Waals surface area contributed by atoms with E-state index in [-0.39, 0.29) is 41.3 Å². The lowest BCUT2D eigenvalue weighted by Crippen LogP contribution is -2.46. The van der Waals surface area contributed by atoms with Crippen LogP contribution in [0.25, 0.3) is 10.9 Å². The number of likely N-dealkylation sites (tertiary alicyclic amines) is 1. The third kappa shape index (κ3) is 5.49. The smallest absolute Gasteiger partial charge is 0.243 e. The highest BCUT2D eigenvalue weighted by Gasteiger charge is 2.34. The Labute approximate surface area is 219 Å². The molecule has 5 rings (SSSR count). The van der Waals surface area contributed by atoms with Crippen LogP contribution >= 0.6 is 11.6 Å². The van der Waals surface area contributed by atoms with Gasteiger partial charge in [0.1, 0.15) is 24.2 Å². The minimum Gasteiger partial charge on any atom is -0.493 e. The van der Waals surface area contributed by atoms with Crippen molar-refractivity contribution in [2.45, 2.75) is 51.7 Å². The predicted molar refractivity (Wildman–Crippen MR) is 138 cm³/mol. The molecule has 2 fully saturated rings. The van der Waals surface area contributed by atoms with E-state index in [1.54, 1.807) is 27.8 Å². The van der Waals surface area contributed by atoms with E-state index in [0.29, 0.717) is 43.2 Å². The molecule has 1 aromatic heterocycles. The minimum atomic E-state index is -0.638. The number of ether oxygens (including phenoxy) is 1. The van der Waals surface area contributed by atoms with Gasteiger partial charge in [-0.3, -0.25) is 14.4 Å². The molecule has 194 valence electrons. The van der Waals surface area contributed by atoms with Crippen molar-refractivity contribution in [3.63, 3.8) is 0 Å². The highest BCUT2D eigenvalue weighted by molar-refractivity contribution is 6.30. The Kier molecular flexibility index (Phi) is 7.20. The third-order valence-electron chi connectivity index (χ3n) is 7.08. The van der Waals surface area contributed by atoms with E-state index in [0.717, 1.165) is 10.9 Å². The molecule has 0 spiro atoms. The van der Waals surface area contributed by atoms with Gasteiger partial charge in [-0.1, -0.05) is 23.7 Å². The van der Waals surface area contributed by atoms with Gasteiger partial charge in [-0.2, -0.15) is 0 Å². The average molecular weight is 526 g/mol. The number of amides is 2. The summed E-state index contributed by atoms with van der Waals surface area (Å²) >= 11 is 5.83. The van der Waals surface area contributed by atoms with Crippen molar-refractivity contribution in [1.82, 2.24) is 14.8 Å². The molecule has 0 unspecified atom stereocenters. The van der Waals surface area contributed by atoms with E-state index in [1.807, 2.05) is 18.2 Å². The second kappa shape index (κ2) is 10.5. The molecule has 0 bridgehead atoms. The molecule has 2 aromatic carbocycles. The van der Waals surface area contributed by atoms with Gasteiger partial charge in [0.15, 0.2) is 5.78 Å². The molecule has 1 saturated carbocycles. The summed E-state index contributed by atoms with van der Waals surface area (Å²) in [5.41, 5.74) is 1.56. The van der Waals surface area contributed by atoms with Gasteiger partial charge < -0.3 is 19.5 Å². The van der Waals surface area contributed by atoms with E-state index in [9.17, 15) is 18.8 Å². The average Bonchev–Trinajstić information content (AvgIpc) is 3.45. The van der Waals surface area contributed by atoms with Crippen LogP contribution in [0, 0.1) is 11.7 Å². The normalized spacial score (nSPS) is 17.3. The molecule has 1 atom stereocenters. The molecule has 2 heterocycles. The number of hydrogen-bond acceptors (Lipinski definition) is 4. The van der Waals surface area contributed by atoms with Crippen LogP contribution in [-0.2, 0) is 22.7 Å². The third-order valence-corrected chi connectivity index (χ3v) is 7.37.